The molecule has 0 N–H and O–H groups in total. The van der Waals surface area contributed by atoms with E-state index in [1.807, 2.05) is 13.8 Å². The minimum absolute atomic E-state index is 0.241. The molecule has 0 aromatic rings. The Balaban J connectivity index is 3.00. The van der Waals surface area contributed by atoms with Crippen LogP contribution in [0, 0.1) is 16.7 Å². The molecule has 16 heavy (non-hydrogen) atoms. The van der Waals surface area contributed by atoms with Gasteiger partial charge in [0.05, 0.1) is 11.7 Å². The fourth-order valence-electron chi connectivity index (χ4n) is 2.33. The summed E-state index contributed by atoms with van der Waals surface area (Å²) in [6, 6.07) is 0. The number of carbonyl (C=O) groups excluding carboxylic acids is 1. The van der Waals surface area contributed by atoms with Crippen molar-refractivity contribution in [3.05, 3.63) is 0 Å². The summed E-state index contributed by atoms with van der Waals surface area (Å²) >= 11 is 0. The number of rotatable bonds is 2. The van der Waals surface area contributed by atoms with Crippen molar-refractivity contribution in [2.75, 3.05) is 6.26 Å². The fourth-order valence-corrected chi connectivity index (χ4v) is 2.79. The zero-order chi connectivity index (χ0) is 12.8. The largest absolute Gasteiger partial charge is 0.345 e. The summed E-state index contributed by atoms with van der Waals surface area (Å²) < 4.78 is 26.5. The van der Waals surface area contributed by atoms with Gasteiger partial charge in [0.15, 0.2) is 0 Å². The van der Waals surface area contributed by atoms with Gasteiger partial charge in [-0.15, -0.1) is 0 Å². The maximum atomic E-state index is 11.9. The Morgan fingerprint density at radius 2 is 1.81 bits per heavy atom. The first kappa shape index (κ1) is 13.5. The highest BCUT2D eigenvalue weighted by molar-refractivity contribution is 7.86. The van der Waals surface area contributed by atoms with Gasteiger partial charge in [0.1, 0.15) is 0 Å². The molecule has 0 radical (unpaired) electrons. The third kappa shape index (κ3) is 2.10. The molecule has 4 nitrogen and oxygen atoms in total. The third-order valence-electron chi connectivity index (χ3n) is 4.41. The molecule has 0 spiro atoms. The van der Waals surface area contributed by atoms with Crippen LogP contribution in [0.1, 0.15) is 40.5 Å². The first-order chi connectivity index (χ1) is 7.01. The van der Waals surface area contributed by atoms with E-state index in [9.17, 15) is 13.2 Å². The van der Waals surface area contributed by atoms with E-state index in [0.29, 0.717) is 12.3 Å². The van der Waals surface area contributed by atoms with Crippen molar-refractivity contribution >= 4 is 16.1 Å². The SMILES string of the molecule is C[C@H]1CC[C@@](C)(C(=O)OS(C)(=O)=O)C1(C)C. The standard InChI is InChI=1S/C11H20O4S/c1-8-6-7-11(4,10(8,2)3)9(12)15-16(5,13)14/h8H,6-7H2,1-5H3/t8-,11-/m0/s1. The molecular weight excluding hydrogens is 228 g/mol. The zero-order valence-corrected chi connectivity index (χ0v) is 11.3. The van der Waals surface area contributed by atoms with Crippen molar-refractivity contribution in [1.29, 1.82) is 0 Å². The monoisotopic (exact) mass is 248 g/mol. The van der Waals surface area contributed by atoms with E-state index in [2.05, 4.69) is 11.1 Å². The van der Waals surface area contributed by atoms with Gasteiger partial charge in [-0.25, -0.2) is 0 Å². The average molecular weight is 248 g/mol. The van der Waals surface area contributed by atoms with Crippen LogP contribution in [0.2, 0.25) is 0 Å². The van der Waals surface area contributed by atoms with Gasteiger partial charge in [0.25, 0.3) is 0 Å². The average Bonchev–Trinajstić information content (AvgIpc) is 2.27. The van der Waals surface area contributed by atoms with Gasteiger partial charge in [0.2, 0.25) is 0 Å². The third-order valence-corrected chi connectivity index (χ3v) is 4.86. The van der Waals surface area contributed by atoms with E-state index >= 15 is 0 Å². The Labute approximate surface area is 97.5 Å². The highest BCUT2D eigenvalue weighted by atomic mass is 32.2. The lowest BCUT2D eigenvalue weighted by Gasteiger charge is -2.38. The molecular formula is C11H20O4S. The molecule has 0 aromatic heterocycles. The van der Waals surface area contributed by atoms with Gasteiger partial charge in [0, 0.05) is 0 Å². The summed E-state index contributed by atoms with van der Waals surface area (Å²) in [6.07, 6.45) is 2.50. The van der Waals surface area contributed by atoms with Crippen LogP contribution < -0.4 is 0 Å². The van der Waals surface area contributed by atoms with Crippen LogP contribution in [0.5, 0.6) is 0 Å². The van der Waals surface area contributed by atoms with Crippen molar-refractivity contribution in [2.45, 2.75) is 40.5 Å². The summed E-state index contributed by atoms with van der Waals surface area (Å²) in [5.74, 6) is -0.242. The fraction of sp³-hybridized carbons (Fsp3) is 0.909. The molecule has 0 aliphatic heterocycles. The molecule has 0 aromatic carbocycles. The summed E-state index contributed by atoms with van der Waals surface area (Å²) in [4.78, 5) is 11.9. The summed E-state index contributed by atoms with van der Waals surface area (Å²) in [5, 5.41) is 0. The van der Waals surface area contributed by atoms with Crippen LogP contribution in [0.25, 0.3) is 0 Å². The molecule has 94 valence electrons. The molecule has 0 unspecified atom stereocenters. The lowest BCUT2D eigenvalue weighted by Crippen LogP contribution is -2.41. The number of hydrogen-bond donors (Lipinski definition) is 0. The second kappa shape index (κ2) is 3.72. The molecule has 2 atom stereocenters. The number of hydrogen-bond acceptors (Lipinski definition) is 4. The van der Waals surface area contributed by atoms with Crippen LogP contribution in [0.4, 0.5) is 0 Å². The normalized spacial score (nSPS) is 33.7. The minimum atomic E-state index is -3.72. The Morgan fingerprint density at radius 1 is 1.31 bits per heavy atom. The van der Waals surface area contributed by atoms with E-state index in [1.54, 1.807) is 6.92 Å². The van der Waals surface area contributed by atoms with Crippen LogP contribution in [-0.2, 0) is 19.1 Å². The topological polar surface area (TPSA) is 60.4 Å². The molecule has 1 saturated carbocycles. The van der Waals surface area contributed by atoms with Crippen molar-refractivity contribution in [3.8, 4) is 0 Å². The zero-order valence-electron chi connectivity index (χ0n) is 10.5. The maximum absolute atomic E-state index is 11.9. The molecule has 0 amide bonds. The second-order valence-electron chi connectivity index (χ2n) is 5.57. The van der Waals surface area contributed by atoms with E-state index in [4.69, 9.17) is 0 Å². The van der Waals surface area contributed by atoms with Crippen molar-refractivity contribution in [2.24, 2.45) is 16.7 Å². The Hall–Kier alpha value is -0.580. The predicted molar refractivity (Wildman–Crippen MR) is 61.2 cm³/mol. The summed E-state index contributed by atoms with van der Waals surface area (Å²) in [5.41, 5.74) is -0.954. The molecule has 1 aliphatic rings. The van der Waals surface area contributed by atoms with Crippen LogP contribution in [0.15, 0.2) is 0 Å². The van der Waals surface area contributed by atoms with Crippen LogP contribution in [0.3, 0.4) is 0 Å². The molecule has 0 bridgehead atoms. The molecule has 0 saturated heterocycles. The van der Waals surface area contributed by atoms with E-state index in [-0.39, 0.29) is 5.41 Å². The second-order valence-corrected chi connectivity index (χ2v) is 7.14. The predicted octanol–water partition coefficient (Wildman–Crippen LogP) is 1.95. The lowest BCUT2D eigenvalue weighted by atomic mass is 9.66. The molecule has 1 rings (SSSR count). The smallest absolute Gasteiger partial charge is 0.328 e. The molecule has 5 heteroatoms. The van der Waals surface area contributed by atoms with Crippen molar-refractivity contribution < 1.29 is 17.4 Å². The quantitative estimate of drug-likeness (QED) is 0.701. The van der Waals surface area contributed by atoms with Gasteiger partial charge < -0.3 is 4.18 Å². The minimum Gasteiger partial charge on any atom is -0.345 e. The van der Waals surface area contributed by atoms with Crippen molar-refractivity contribution in [3.63, 3.8) is 0 Å². The Bertz CT molecular complexity index is 396. The van der Waals surface area contributed by atoms with Gasteiger partial charge in [-0.1, -0.05) is 20.8 Å². The Kier molecular flexibility index (Phi) is 3.14. The summed E-state index contributed by atoms with van der Waals surface area (Å²) in [7, 11) is -3.72. The van der Waals surface area contributed by atoms with Gasteiger partial charge in [-0.2, -0.15) is 8.42 Å². The van der Waals surface area contributed by atoms with Gasteiger partial charge in [-0.05, 0) is 31.1 Å². The van der Waals surface area contributed by atoms with Gasteiger partial charge in [-0.3, -0.25) is 4.79 Å². The van der Waals surface area contributed by atoms with Crippen molar-refractivity contribution in [1.82, 2.24) is 0 Å². The highest BCUT2D eigenvalue weighted by Gasteiger charge is 2.55. The Morgan fingerprint density at radius 3 is 2.12 bits per heavy atom. The van der Waals surface area contributed by atoms with E-state index < -0.39 is 21.5 Å². The lowest BCUT2D eigenvalue weighted by molar-refractivity contribution is -0.150. The first-order valence-corrected chi connectivity index (χ1v) is 7.26. The maximum Gasteiger partial charge on any atom is 0.328 e. The van der Waals surface area contributed by atoms with E-state index in [0.717, 1.165) is 12.7 Å². The highest BCUT2D eigenvalue weighted by Crippen LogP contribution is 2.56. The first-order valence-electron chi connectivity index (χ1n) is 5.44. The molecule has 1 fully saturated rings. The van der Waals surface area contributed by atoms with Crippen LogP contribution in [-0.4, -0.2) is 20.6 Å². The van der Waals surface area contributed by atoms with Crippen LogP contribution >= 0.6 is 0 Å². The molecule has 0 heterocycles. The molecule has 1 aliphatic carbocycles. The number of carbonyl (C=O) groups is 1. The van der Waals surface area contributed by atoms with E-state index in [1.165, 1.54) is 0 Å². The van der Waals surface area contributed by atoms with Gasteiger partial charge >= 0.3 is 16.1 Å². The summed E-state index contributed by atoms with van der Waals surface area (Å²) in [6.45, 7) is 7.87.